The quantitative estimate of drug-likeness (QED) is 0.645. The number of rotatable bonds is 6. The highest BCUT2D eigenvalue weighted by molar-refractivity contribution is 5.98. The molecule has 196 valence electrons. The predicted molar refractivity (Wildman–Crippen MR) is 135 cm³/mol. The highest BCUT2D eigenvalue weighted by Gasteiger charge is 2.54. The number of ether oxygens (including phenoxy) is 3. The minimum atomic E-state index is -0.949. The van der Waals surface area contributed by atoms with Crippen molar-refractivity contribution in [2.75, 3.05) is 40.0 Å². The molecule has 2 aromatic rings. The van der Waals surface area contributed by atoms with Crippen LogP contribution in [0.4, 0.5) is 0 Å². The van der Waals surface area contributed by atoms with Crippen LogP contribution in [0.3, 0.4) is 0 Å². The first-order chi connectivity index (χ1) is 18.0. The maximum absolute atomic E-state index is 13.7. The Balaban J connectivity index is 1.32. The molecule has 3 saturated heterocycles. The van der Waals surface area contributed by atoms with Crippen LogP contribution in [0.15, 0.2) is 54.6 Å². The van der Waals surface area contributed by atoms with Crippen molar-refractivity contribution in [3.05, 3.63) is 65.7 Å². The fourth-order valence-corrected chi connectivity index (χ4v) is 5.40. The Morgan fingerprint density at radius 3 is 2.35 bits per heavy atom. The number of amides is 3. The van der Waals surface area contributed by atoms with E-state index in [0.717, 1.165) is 12.8 Å². The van der Waals surface area contributed by atoms with Crippen LogP contribution in [-0.4, -0.2) is 85.3 Å². The molecule has 0 unspecified atom stereocenters. The molecule has 3 aliphatic rings. The maximum Gasteiger partial charge on any atom is 0.256 e. The summed E-state index contributed by atoms with van der Waals surface area (Å²) in [4.78, 5) is 43.5. The lowest BCUT2D eigenvalue weighted by molar-refractivity contribution is -0.128. The third kappa shape index (κ3) is 5.19. The second kappa shape index (κ2) is 10.9. The van der Waals surface area contributed by atoms with E-state index in [1.165, 1.54) is 0 Å². The van der Waals surface area contributed by atoms with Crippen LogP contribution >= 0.6 is 0 Å². The van der Waals surface area contributed by atoms with Crippen molar-refractivity contribution in [3.63, 3.8) is 0 Å². The summed E-state index contributed by atoms with van der Waals surface area (Å²) in [6.07, 6.45) is 2.74. The van der Waals surface area contributed by atoms with Gasteiger partial charge in [-0.05, 0) is 49.2 Å². The van der Waals surface area contributed by atoms with E-state index in [4.69, 9.17) is 14.2 Å². The monoisotopic (exact) mass is 507 g/mol. The zero-order valence-corrected chi connectivity index (χ0v) is 21.1. The average molecular weight is 508 g/mol. The molecule has 1 N–H and O–H groups in total. The number of carbonyl (C=O) groups is 3. The number of piperidine rings is 1. The highest BCUT2D eigenvalue weighted by atomic mass is 16.5. The lowest BCUT2D eigenvalue weighted by atomic mass is 9.96. The van der Waals surface area contributed by atoms with Crippen molar-refractivity contribution in [1.82, 2.24) is 15.1 Å². The topological polar surface area (TPSA) is 97.4 Å². The fourth-order valence-electron chi connectivity index (χ4n) is 5.40. The van der Waals surface area contributed by atoms with Crippen LogP contribution in [0, 0.1) is 0 Å². The summed E-state index contributed by atoms with van der Waals surface area (Å²) >= 11 is 0. The summed E-state index contributed by atoms with van der Waals surface area (Å²) in [7, 11) is 1.58. The number of hydrogen-bond acceptors (Lipinski definition) is 6. The summed E-state index contributed by atoms with van der Waals surface area (Å²) in [5.41, 5.74) is 0.129. The second-order valence-electron chi connectivity index (χ2n) is 9.72. The van der Waals surface area contributed by atoms with Gasteiger partial charge in [-0.1, -0.05) is 18.2 Å². The predicted octanol–water partition coefficient (Wildman–Crippen LogP) is 2.46. The standard InChI is InChI=1S/C28H33N3O6/c1-35-22-11-9-21(10-12-22)26(33)30-15-13-28(14-16-30)31(27(34)20-6-3-2-4-7-20)24(19-37-28)25(32)29-18-23-8-5-17-36-23/h2-4,6-7,9-12,23-24H,5,8,13-19H2,1H3,(H,29,32)/t23-,24-/m1/s1. The fraction of sp³-hybridized carbons (Fsp3) is 0.464. The zero-order valence-electron chi connectivity index (χ0n) is 21.1. The van der Waals surface area contributed by atoms with Gasteiger partial charge in [-0.25, -0.2) is 0 Å². The van der Waals surface area contributed by atoms with E-state index in [9.17, 15) is 14.4 Å². The van der Waals surface area contributed by atoms with Crippen LogP contribution in [-0.2, 0) is 14.3 Å². The van der Waals surface area contributed by atoms with E-state index in [1.54, 1.807) is 65.4 Å². The van der Waals surface area contributed by atoms with Crippen molar-refractivity contribution in [3.8, 4) is 5.75 Å². The van der Waals surface area contributed by atoms with Crippen molar-refractivity contribution in [2.45, 2.75) is 43.6 Å². The first kappa shape index (κ1) is 25.2. The van der Waals surface area contributed by atoms with E-state index >= 15 is 0 Å². The first-order valence-corrected chi connectivity index (χ1v) is 12.9. The van der Waals surface area contributed by atoms with Gasteiger partial charge in [-0.3, -0.25) is 19.3 Å². The molecule has 0 bridgehead atoms. The molecule has 3 amide bonds. The summed E-state index contributed by atoms with van der Waals surface area (Å²) in [6.45, 7) is 2.06. The molecule has 2 aromatic carbocycles. The number of carbonyl (C=O) groups excluding carboxylic acids is 3. The minimum absolute atomic E-state index is 0.00529. The van der Waals surface area contributed by atoms with E-state index in [2.05, 4.69) is 5.32 Å². The third-order valence-electron chi connectivity index (χ3n) is 7.50. The van der Waals surface area contributed by atoms with E-state index < -0.39 is 11.8 Å². The third-order valence-corrected chi connectivity index (χ3v) is 7.50. The van der Waals surface area contributed by atoms with Gasteiger partial charge >= 0.3 is 0 Å². The normalized spacial score (nSPS) is 22.7. The van der Waals surface area contributed by atoms with Crippen LogP contribution in [0.2, 0.25) is 0 Å². The Kier molecular flexibility index (Phi) is 7.43. The van der Waals surface area contributed by atoms with Crippen molar-refractivity contribution in [1.29, 1.82) is 0 Å². The molecule has 0 aromatic heterocycles. The number of hydrogen-bond donors (Lipinski definition) is 1. The first-order valence-electron chi connectivity index (χ1n) is 12.9. The van der Waals surface area contributed by atoms with E-state index in [0.29, 0.717) is 56.0 Å². The molecule has 9 heteroatoms. The van der Waals surface area contributed by atoms with Crippen molar-refractivity contribution in [2.24, 2.45) is 0 Å². The van der Waals surface area contributed by atoms with Crippen molar-refractivity contribution < 1.29 is 28.6 Å². The van der Waals surface area contributed by atoms with Gasteiger partial charge in [0.15, 0.2) is 0 Å². The number of nitrogens with zero attached hydrogens (tertiary/aromatic N) is 2. The Hall–Kier alpha value is -3.43. The summed E-state index contributed by atoms with van der Waals surface area (Å²) in [5, 5.41) is 2.97. The number of likely N-dealkylation sites (tertiary alicyclic amines) is 1. The Bertz CT molecular complexity index is 1110. The smallest absolute Gasteiger partial charge is 0.256 e. The molecule has 1 spiro atoms. The maximum atomic E-state index is 13.7. The molecule has 9 nitrogen and oxygen atoms in total. The molecular formula is C28H33N3O6. The lowest BCUT2D eigenvalue weighted by Crippen LogP contribution is -2.60. The van der Waals surface area contributed by atoms with Gasteiger partial charge in [0.25, 0.3) is 11.8 Å². The van der Waals surface area contributed by atoms with Gasteiger partial charge in [-0.15, -0.1) is 0 Å². The minimum Gasteiger partial charge on any atom is -0.497 e. The molecule has 3 fully saturated rings. The second-order valence-corrected chi connectivity index (χ2v) is 9.72. The van der Waals surface area contributed by atoms with Gasteiger partial charge in [0.1, 0.15) is 17.5 Å². The van der Waals surface area contributed by atoms with Gasteiger partial charge in [-0.2, -0.15) is 0 Å². The molecule has 5 rings (SSSR count). The molecular weight excluding hydrogens is 474 g/mol. The highest BCUT2D eigenvalue weighted by Crippen LogP contribution is 2.39. The molecule has 3 heterocycles. The van der Waals surface area contributed by atoms with Gasteiger partial charge in [0.05, 0.1) is 19.8 Å². The van der Waals surface area contributed by atoms with Gasteiger partial charge in [0.2, 0.25) is 5.91 Å². The number of nitrogens with one attached hydrogen (secondary N) is 1. The largest absolute Gasteiger partial charge is 0.497 e. The SMILES string of the molecule is COc1ccc(C(=O)N2CCC3(CC2)OC[C@H](C(=O)NC[C@H]2CCCO2)N3C(=O)c2ccccc2)cc1. The average Bonchev–Trinajstić information content (AvgIpc) is 3.60. The molecule has 37 heavy (non-hydrogen) atoms. The van der Waals surface area contributed by atoms with Gasteiger partial charge < -0.3 is 24.4 Å². The van der Waals surface area contributed by atoms with Crippen LogP contribution in [0.25, 0.3) is 0 Å². The van der Waals surface area contributed by atoms with E-state index in [-0.39, 0.29) is 30.4 Å². The summed E-state index contributed by atoms with van der Waals surface area (Å²) < 4.78 is 17.1. The Morgan fingerprint density at radius 2 is 1.70 bits per heavy atom. The van der Waals surface area contributed by atoms with E-state index in [1.807, 2.05) is 6.07 Å². The van der Waals surface area contributed by atoms with Gasteiger partial charge in [0, 0.05) is 50.2 Å². The summed E-state index contributed by atoms with van der Waals surface area (Å²) in [6, 6.07) is 15.2. The molecule has 0 saturated carbocycles. The van der Waals surface area contributed by atoms with Crippen LogP contribution in [0.1, 0.15) is 46.4 Å². The Morgan fingerprint density at radius 1 is 1.00 bits per heavy atom. The number of methoxy groups -OCH3 is 1. The Labute approximate surface area is 216 Å². The lowest BCUT2D eigenvalue weighted by Gasteiger charge is -2.44. The van der Waals surface area contributed by atoms with Crippen molar-refractivity contribution >= 4 is 17.7 Å². The molecule has 2 atom stereocenters. The summed E-state index contributed by atoms with van der Waals surface area (Å²) in [5.74, 6) is 0.119. The molecule has 0 radical (unpaired) electrons. The van der Waals surface area contributed by atoms with Crippen LogP contribution in [0.5, 0.6) is 5.75 Å². The molecule has 3 aliphatic heterocycles. The van der Waals surface area contributed by atoms with Crippen LogP contribution < -0.4 is 10.1 Å². The zero-order chi connectivity index (χ0) is 25.8. The molecule has 0 aliphatic carbocycles. The number of benzene rings is 2.